The van der Waals surface area contributed by atoms with Gasteiger partial charge in [-0.3, -0.25) is 15.1 Å². The molecule has 5 nitrogen and oxygen atoms in total. The number of hydrogen-bond donors (Lipinski definition) is 1. The lowest BCUT2D eigenvalue weighted by atomic mass is 10.3. The molecule has 1 amide bonds. The van der Waals surface area contributed by atoms with Crippen molar-refractivity contribution in [2.24, 2.45) is 0 Å². The van der Waals surface area contributed by atoms with E-state index in [2.05, 4.69) is 15.3 Å². The largest absolute Gasteiger partial charge is 0.449 e. The van der Waals surface area contributed by atoms with E-state index in [-0.39, 0.29) is 11.7 Å². The van der Waals surface area contributed by atoms with Gasteiger partial charge in [-0.2, -0.15) is 0 Å². The standard InChI is InChI=1S/C12H9N3O2S/c1-7-6-18-12(14-7)15-11(16)10-5-8-9(17-10)3-2-4-13-8/h2-6H,1H3,(H,14,15,16). The lowest BCUT2D eigenvalue weighted by Gasteiger charge is -1.96. The fourth-order valence-corrected chi connectivity index (χ4v) is 2.23. The van der Waals surface area contributed by atoms with Crippen molar-refractivity contribution < 1.29 is 9.21 Å². The molecular formula is C12H9N3O2S. The fraction of sp³-hybridized carbons (Fsp3) is 0.0833. The van der Waals surface area contributed by atoms with E-state index in [9.17, 15) is 4.79 Å². The van der Waals surface area contributed by atoms with Crippen LogP contribution in [0.25, 0.3) is 11.1 Å². The molecule has 0 bridgehead atoms. The molecule has 0 fully saturated rings. The second-order valence-corrected chi connectivity index (χ2v) is 4.60. The Morgan fingerprint density at radius 2 is 2.39 bits per heavy atom. The average molecular weight is 259 g/mol. The third-order valence-corrected chi connectivity index (χ3v) is 3.23. The Morgan fingerprint density at radius 3 is 3.11 bits per heavy atom. The summed E-state index contributed by atoms with van der Waals surface area (Å²) in [5, 5.41) is 5.12. The minimum atomic E-state index is -0.317. The number of fused-ring (bicyclic) bond motifs is 1. The number of anilines is 1. The summed E-state index contributed by atoms with van der Waals surface area (Å²) in [6.07, 6.45) is 1.66. The molecule has 90 valence electrons. The van der Waals surface area contributed by atoms with Crippen molar-refractivity contribution in [3.8, 4) is 0 Å². The molecule has 0 aliphatic rings. The molecule has 3 aromatic heterocycles. The van der Waals surface area contributed by atoms with Gasteiger partial charge in [-0.15, -0.1) is 11.3 Å². The number of aromatic nitrogens is 2. The molecule has 18 heavy (non-hydrogen) atoms. The summed E-state index contributed by atoms with van der Waals surface area (Å²) in [5.41, 5.74) is 2.14. The number of pyridine rings is 1. The highest BCUT2D eigenvalue weighted by Gasteiger charge is 2.14. The van der Waals surface area contributed by atoms with Crippen molar-refractivity contribution in [1.82, 2.24) is 9.97 Å². The van der Waals surface area contributed by atoms with Gasteiger partial charge in [-0.25, -0.2) is 4.98 Å². The summed E-state index contributed by atoms with van der Waals surface area (Å²) in [6.45, 7) is 1.87. The van der Waals surface area contributed by atoms with Crippen LogP contribution in [0.15, 0.2) is 34.2 Å². The maximum Gasteiger partial charge on any atom is 0.293 e. The van der Waals surface area contributed by atoms with E-state index in [1.54, 1.807) is 24.4 Å². The van der Waals surface area contributed by atoms with Gasteiger partial charge in [-0.1, -0.05) is 0 Å². The predicted molar refractivity (Wildman–Crippen MR) is 68.8 cm³/mol. The van der Waals surface area contributed by atoms with Crippen molar-refractivity contribution in [2.75, 3.05) is 5.32 Å². The molecule has 0 saturated heterocycles. The Morgan fingerprint density at radius 1 is 1.50 bits per heavy atom. The van der Waals surface area contributed by atoms with Crippen molar-refractivity contribution in [2.45, 2.75) is 6.92 Å². The highest BCUT2D eigenvalue weighted by Crippen LogP contribution is 2.19. The summed E-state index contributed by atoms with van der Waals surface area (Å²) >= 11 is 1.38. The maximum absolute atomic E-state index is 11.9. The Kier molecular flexibility index (Phi) is 2.56. The minimum absolute atomic E-state index is 0.233. The number of rotatable bonds is 2. The summed E-state index contributed by atoms with van der Waals surface area (Å²) < 4.78 is 5.41. The molecule has 0 spiro atoms. The Balaban J connectivity index is 1.87. The number of furan rings is 1. The van der Waals surface area contributed by atoms with E-state index in [4.69, 9.17) is 4.42 Å². The molecule has 0 atom stereocenters. The molecule has 0 saturated carbocycles. The summed E-state index contributed by atoms with van der Waals surface area (Å²) in [4.78, 5) is 20.2. The van der Waals surface area contributed by atoms with E-state index >= 15 is 0 Å². The topological polar surface area (TPSA) is 68.0 Å². The molecule has 0 aliphatic carbocycles. The maximum atomic E-state index is 11.9. The highest BCUT2D eigenvalue weighted by molar-refractivity contribution is 7.13. The number of carbonyl (C=O) groups is 1. The number of hydrogen-bond acceptors (Lipinski definition) is 5. The van der Waals surface area contributed by atoms with E-state index < -0.39 is 0 Å². The molecule has 1 N–H and O–H groups in total. The molecule has 0 radical (unpaired) electrons. The SMILES string of the molecule is Cc1csc(NC(=O)c2cc3ncccc3o2)n1. The van der Waals surface area contributed by atoms with Gasteiger partial charge >= 0.3 is 0 Å². The summed E-state index contributed by atoms with van der Waals surface area (Å²) in [5.74, 6) is -0.0843. The highest BCUT2D eigenvalue weighted by atomic mass is 32.1. The molecule has 3 aromatic rings. The minimum Gasteiger partial charge on any atom is -0.449 e. The smallest absolute Gasteiger partial charge is 0.293 e. The molecule has 0 aliphatic heterocycles. The van der Waals surface area contributed by atoms with E-state index in [0.717, 1.165) is 5.69 Å². The van der Waals surface area contributed by atoms with Crippen molar-refractivity contribution in [1.29, 1.82) is 0 Å². The van der Waals surface area contributed by atoms with Gasteiger partial charge < -0.3 is 4.42 Å². The second-order valence-electron chi connectivity index (χ2n) is 3.75. The van der Waals surface area contributed by atoms with Crippen LogP contribution in [0.3, 0.4) is 0 Å². The Labute approximate surface area is 106 Å². The van der Waals surface area contributed by atoms with Crippen LogP contribution in [-0.4, -0.2) is 15.9 Å². The molecule has 0 aromatic carbocycles. The Hall–Kier alpha value is -2.21. The number of nitrogens with zero attached hydrogens (tertiary/aromatic N) is 2. The van der Waals surface area contributed by atoms with Gasteiger partial charge in [0.25, 0.3) is 5.91 Å². The lowest BCUT2D eigenvalue weighted by Crippen LogP contribution is -2.10. The number of carbonyl (C=O) groups excluding carboxylic acids is 1. The fourth-order valence-electron chi connectivity index (χ4n) is 1.55. The number of nitrogens with one attached hydrogen (secondary N) is 1. The van der Waals surface area contributed by atoms with Crippen LogP contribution >= 0.6 is 11.3 Å². The summed E-state index contributed by atoms with van der Waals surface area (Å²) in [7, 11) is 0. The van der Waals surface area contributed by atoms with E-state index in [1.807, 2.05) is 12.3 Å². The predicted octanol–water partition coefficient (Wildman–Crippen LogP) is 2.85. The Bertz CT molecular complexity index is 684. The third kappa shape index (κ3) is 1.98. The van der Waals surface area contributed by atoms with E-state index in [0.29, 0.717) is 16.2 Å². The zero-order valence-electron chi connectivity index (χ0n) is 9.51. The van der Waals surface area contributed by atoms with Gasteiger partial charge in [0.2, 0.25) is 0 Å². The van der Waals surface area contributed by atoms with Crippen LogP contribution < -0.4 is 5.32 Å². The van der Waals surface area contributed by atoms with Crippen LogP contribution in [0, 0.1) is 6.92 Å². The van der Waals surface area contributed by atoms with Gasteiger partial charge in [0.15, 0.2) is 16.5 Å². The van der Waals surface area contributed by atoms with E-state index in [1.165, 1.54) is 11.3 Å². The zero-order valence-corrected chi connectivity index (χ0v) is 10.3. The molecule has 3 rings (SSSR count). The molecule has 0 unspecified atom stereocenters. The number of thiazole rings is 1. The first-order valence-electron chi connectivity index (χ1n) is 5.30. The second kappa shape index (κ2) is 4.23. The van der Waals surface area contributed by atoms with Crippen LogP contribution in [0.1, 0.15) is 16.2 Å². The molecule has 3 heterocycles. The average Bonchev–Trinajstić information content (AvgIpc) is 2.95. The van der Waals surface area contributed by atoms with Crippen LogP contribution in [0.4, 0.5) is 5.13 Å². The summed E-state index contributed by atoms with van der Waals surface area (Å²) in [6, 6.07) is 5.15. The van der Waals surface area contributed by atoms with Crippen molar-refractivity contribution in [3.63, 3.8) is 0 Å². The van der Waals surface area contributed by atoms with Crippen LogP contribution in [0.5, 0.6) is 0 Å². The quantitative estimate of drug-likeness (QED) is 0.768. The first-order valence-corrected chi connectivity index (χ1v) is 6.18. The number of amides is 1. The first kappa shape index (κ1) is 10.9. The molecule has 6 heteroatoms. The first-order chi connectivity index (χ1) is 8.72. The van der Waals surface area contributed by atoms with Gasteiger partial charge in [0.1, 0.15) is 5.52 Å². The lowest BCUT2D eigenvalue weighted by molar-refractivity contribution is 0.0998. The zero-order chi connectivity index (χ0) is 12.5. The third-order valence-electron chi connectivity index (χ3n) is 2.35. The van der Waals surface area contributed by atoms with Crippen LogP contribution in [-0.2, 0) is 0 Å². The normalized spacial score (nSPS) is 10.7. The van der Waals surface area contributed by atoms with Crippen molar-refractivity contribution in [3.05, 3.63) is 41.2 Å². The van der Waals surface area contributed by atoms with Crippen molar-refractivity contribution >= 4 is 33.5 Å². The molecular weight excluding hydrogens is 250 g/mol. The van der Waals surface area contributed by atoms with Gasteiger partial charge in [0, 0.05) is 17.6 Å². The monoisotopic (exact) mass is 259 g/mol. The van der Waals surface area contributed by atoms with Gasteiger partial charge in [0.05, 0.1) is 5.69 Å². The van der Waals surface area contributed by atoms with Crippen LogP contribution in [0.2, 0.25) is 0 Å². The number of aryl methyl sites for hydroxylation is 1. The van der Waals surface area contributed by atoms with Gasteiger partial charge in [-0.05, 0) is 19.1 Å².